The molecule has 0 N–H and O–H groups in total. The lowest BCUT2D eigenvalue weighted by molar-refractivity contribution is 0.611. The Bertz CT molecular complexity index is 67.0. The van der Waals surface area contributed by atoms with Crippen LogP contribution in [0.5, 0.6) is 0 Å². The maximum Gasteiger partial charge on any atom is -0.0661 e. The SMILES string of the molecule is CC(C)=[SH-]=O. The van der Waals surface area contributed by atoms with Gasteiger partial charge in [-0.05, 0) is 0 Å². The zero-order chi connectivity index (χ0) is 4.28. The highest BCUT2D eigenvalue weighted by atomic mass is 32.1. The molecule has 0 saturated heterocycles. The fourth-order valence-electron chi connectivity index (χ4n) is 0. The fraction of sp³-hybridized carbons (Fsp3) is 0.667. The van der Waals surface area contributed by atoms with E-state index in [9.17, 15) is 4.21 Å². The lowest BCUT2D eigenvalue weighted by Crippen LogP contribution is -1.71. The summed E-state index contributed by atoms with van der Waals surface area (Å²) < 4.78 is 9.56. The van der Waals surface area contributed by atoms with Gasteiger partial charge in [-0.3, -0.25) is 11.3 Å². The van der Waals surface area contributed by atoms with E-state index in [0.29, 0.717) is 0 Å². The van der Waals surface area contributed by atoms with Crippen LogP contribution < -0.4 is 0 Å². The van der Waals surface area contributed by atoms with E-state index in [-0.39, 0.29) is 11.3 Å². The Morgan fingerprint density at radius 1 is 1.60 bits per heavy atom. The molecule has 0 aromatic carbocycles. The third-order valence-corrected chi connectivity index (χ3v) is 0.548. The zero-order valence-corrected chi connectivity index (χ0v) is 4.25. The first-order chi connectivity index (χ1) is 2.27. The van der Waals surface area contributed by atoms with E-state index in [0.717, 1.165) is 4.86 Å². The minimum atomic E-state index is 0.164. The second-order valence-corrected chi connectivity index (χ2v) is 2.12. The molecule has 0 rings (SSSR count). The Morgan fingerprint density at radius 3 is 1.80 bits per heavy atom. The van der Waals surface area contributed by atoms with E-state index in [1.165, 1.54) is 0 Å². The van der Waals surface area contributed by atoms with Crippen molar-refractivity contribution in [3.05, 3.63) is 0 Å². The third kappa shape index (κ3) is 4.02. The van der Waals surface area contributed by atoms with Crippen LogP contribution in [-0.2, 0) is 15.5 Å². The lowest BCUT2D eigenvalue weighted by Gasteiger charge is -1.78. The standard InChI is InChI=1S/C3H7OS/c1-3(2)5-4/h5H,1-2H3/q-1. The van der Waals surface area contributed by atoms with Gasteiger partial charge in [-0.1, -0.05) is 13.8 Å². The van der Waals surface area contributed by atoms with Gasteiger partial charge < -0.3 is 4.21 Å². The normalized spacial score (nSPS) is 7.60. The van der Waals surface area contributed by atoms with Crippen molar-refractivity contribution in [3.63, 3.8) is 0 Å². The van der Waals surface area contributed by atoms with E-state index in [2.05, 4.69) is 0 Å². The molecule has 0 heterocycles. The van der Waals surface area contributed by atoms with Crippen LogP contribution in [0, 0.1) is 0 Å². The quantitative estimate of drug-likeness (QED) is 0.239. The molecule has 0 unspecified atom stereocenters. The number of rotatable bonds is 0. The summed E-state index contributed by atoms with van der Waals surface area (Å²) in [6.45, 7) is 3.63. The Labute approximate surface area is 35.1 Å². The number of hydrogen-bond acceptors (Lipinski definition) is 2. The summed E-state index contributed by atoms with van der Waals surface area (Å²) in [4.78, 5) is 0.921. The summed E-state index contributed by atoms with van der Waals surface area (Å²) in [7, 11) is 0. The van der Waals surface area contributed by atoms with Crippen molar-refractivity contribution in [2.24, 2.45) is 0 Å². The molecule has 5 heavy (non-hydrogen) atoms. The van der Waals surface area contributed by atoms with E-state index in [4.69, 9.17) is 0 Å². The van der Waals surface area contributed by atoms with E-state index >= 15 is 0 Å². The molecule has 2 heteroatoms. The summed E-state index contributed by atoms with van der Waals surface area (Å²) in [5, 5.41) is 0. The number of thiol groups is 1. The Morgan fingerprint density at radius 2 is 1.80 bits per heavy atom. The molecule has 0 atom stereocenters. The van der Waals surface area contributed by atoms with Crippen molar-refractivity contribution < 1.29 is 4.21 Å². The van der Waals surface area contributed by atoms with Gasteiger partial charge in [0.05, 0.1) is 0 Å². The van der Waals surface area contributed by atoms with Crippen molar-refractivity contribution in [2.45, 2.75) is 13.8 Å². The van der Waals surface area contributed by atoms with Crippen molar-refractivity contribution in [1.82, 2.24) is 0 Å². The molecule has 0 bridgehead atoms. The molecule has 0 radical (unpaired) electrons. The first kappa shape index (κ1) is 5.02. The fourth-order valence-corrected chi connectivity index (χ4v) is 0. The van der Waals surface area contributed by atoms with Gasteiger partial charge in [-0.15, -0.1) is 0 Å². The maximum absolute atomic E-state index is 9.56. The number of hydrogen-bond donors (Lipinski definition) is 0. The van der Waals surface area contributed by atoms with Crippen LogP contribution in [0.15, 0.2) is 0 Å². The highest BCUT2D eigenvalue weighted by molar-refractivity contribution is 7.66. The van der Waals surface area contributed by atoms with Gasteiger partial charge in [-0.2, -0.15) is 4.86 Å². The van der Waals surface area contributed by atoms with E-state index < -0.39 is 0 Å². The Balaban J connectivity index is 3.60. The second-order valence-electron chi connectivity index (χ2n) is 1.04. The molecule has 0 aromatic heterocycles. The smallest absolute Gasteiger partial charge is 0.0661 e. The first-order valence-electron chi connectivity index (χ1n) is 1.41. The topological polar surface area (TPSA) is 17.1 Å². The minimum absolute atomic E-state index is 0.164. The molecule has 0 aromatic rings. The van der Waals surface area contributed by atoms with Crippen LogP contribution in [0.3, 0.4) is 0 Å². The molecular weight excluding hydrogens is 84.1 g/mol. The van der Waals surface area contributed by atoms with E-state index in [1.807, 2.05) is 13.8 Å². The monoisotopic (exact) mass is 91.0 g/mol. The average molecular weight is 91.2 g/mol. The molecule has 0 amide bonds. The highest BCUT2D eigenvalue weighted by Crippen LogP contribution is 1.55. The Hall–Kier alpha value is 0.0200. The minimum Gasteiger partial charge on any atom is -0.464 e. The molecular formula is C3H7OS-. The molecule has 0 aliphatic heterocycles. The largest absolute Gasteiger partial charge is 0.464 e. The molecule has 0 saturated carbocycles. The van der Waals surface area contributed by atoms with Crippen LogP contribution in [0.25, 0.3) is 0 Å². The van der Waals surface area contributed by atoms with Crippen molar-refractivity contribution in [1.29, 1.82) is 0 Å². The van der Waals surface area contributed by atoms with Crippen molar-refractivity contribution in [3.8, 4) is 0 Å². The van der Waals surface area contributed by atoms with Gasteiger partial charge in [0, 0.05) is 0 Å². The molecule has 1 nitrogen and oxygen atoms in total. The van der Waals surface area contributed by atoms with Crippen LogP contribution in [0.2, 0.25) is 0 Å². The molecule has 0 spiro atoms. The van der Waals surface area contributed by atoms with Crippen LogP contribution in [0.4, 0.5) is 0 Å². The summed E-state index contributed by atoms with van der Waals surface area (Å²) in [5.41, 5.74) is 0. The third-order valence-electron chi connectivity index (χ3n) is 0.183. The van der Waals surface area contributed by atoms with Crippen molar-refractivity contribution >= 4 is 16.1 Å². The van der Waals surface area contributed by atoms with E-state index in [1.54, 1.807) is 0 Å². The van der Waals surface area contributed by atoms with Crippen LogP contribution >= 0.6 is 0 Å². The molecule has 0 fully saturated rings. The predicted octanol–water partition coefficient (Wildman–Crippen LogP) is 0.359. The predicted molar refractivity (Wildman–Crippen MR) is 25.8 cm³/mol. The Kier molecular flexibility index (Phi) is 2.28. The summed E-state index contributed by atoms with van der Waals surface area (Å²) in [5.74, 6) is 0. The highest BCUT2D eigenvalue weighted by Gasteiger charge is 1.47. The van der Waals surface area contributed by atoms with Gasteiger partial charge in [-0.25, -0.2) is 0 Å². The van der Waals surface area contributed by atoms with Gasteiger partial charge in [0.1, 0.15) is 0 Å². The summed E-state index contributed by atoms with van der Waals surface area (Å²) >= 11 is 0.164. The molecule has 0 aliphatic carbocycles. The van der Waals surface area contributed by atoms with Gasteiger partial charge in [0.2, 0.25) is 0 Å². The van der Waals surface area contributed by atoms with Crippen molar-refractivity contribution in [2.75, 3.05) is 0 Å². The summed E-state index contributed by atoms with van der Waals surface area (Å²) in [6, 6.07) is 0. The van der Waals surface area contributed by atoms with Gasteiger partial charge in [0.25, 0.3) is 0 Å². The average Bonchev–Trinajstić information content (AvgIpc) is 1.38. The van der Waals surface area contributed by atoms with Crippen LogP contribution in [0.1, 0.15) is 13.8 Å². The first-order valence-corrected chi connectivity index (χ1v) is 2.22. The lowest BCUT2D eigenvalue weighted by atomic mass is 10.6. The van der Waals surface area contributed by atoms with Gasteiger partial charge >= 0.3 is 0 Å². The van der Waals surface area contributed by atoms with Gasteiger partial charge in [0.15, 0.2) is 0 Å². The molecule has 0 aliphatic rings. The van der Waals surface area contributed by atoms with Crippen LogP contribution in [-0.4, -0.2) is 4.86 Å². The second kappa shape index (κ2) is 2.27. The maximum atomic E-state index is 9.56. The molecule has 32 valence electrons. The zero-order valence-electron chi connectivity index (χ0n) is 3.36. The summed E-state index contributed by atoms with van der Waals surface area (Å²) in [6.07, 6.45) is 0.